The average Bonchev–Trinajstić information content (AvgIpc) is 2.18. The SMILES string of the molecule is CCCCCCC(C)(C)CCCCC(C)(C)C. The van der Waals surface area contributed by atoms with Crippen LogP contribution < -0.4 is 0 Å². The zero-order chi connectivity index (χ0) is 13.4. The lowest BCUT2D eigenvalue weighted by molar-refractivity contribution is 0.270. The molecule has 0 aliphatic heterocycles. The van der Waals surface area contributed by atoms with Gasteiger partial charge in [-0.2, -0.15) is 0 Å². The summed E-state index contributed by atoms with van der Waals surface area (Å²) in [6, 6.07) is 0. The third-order valence-corrected chi connectivity index (χ3v) is 3.74. The zero-order valence-corrected chi connectivity index (χ0v) is 13.4. The molecule has 0 aromatic carbocycles. The molecule has 0 spiro atoms. The second-order valence-electron chi connectivity index (χ2n) is 7.74. The Morgan fingerprint density at radius 2 is 1.06 bits per heavy atom. The number of hydrogen-bond acceptors (Lipinski definition) is 0. The van der Waals surface area contributed by atoms with Crippen molar-refractivity contribution < 1.29 is 0 Å². The van der Waals surface area contributed by atoms with Gasteiger partial charge in [0.1, 0.15) is 0 Å². The summed E-state index contributed by atoms with van der Waals surface area (Å²) in [5, 5.41) is 0. The van der Waals surface area contributed by atoms with E-state index in [1.165, 1.54) is 57.8 Å². The predicted octanol–water partition coefficient (Wildman–Crippen LogP) is 6.59. The first kappa shape index (κ1) is 17.0. The molecule has 0 amide bonds. The molecule has 104 valence electrons. The van der Waals surface area contributed by atoms with Crippen molar-refractivity contribution in [1.29, 1.82) is 0 Å². The third kappa shape index (κ3) is 12.2. The summed E-state index contributed by atoms with van der Waals surface area (Å²) < 4.78 is 0. The van der Waals surface area contributed by atoms with E-state index in [0.29, 0.717) is 10.8 Å². The average molecular weight is 240 g/mol. The van der Waals surface area contributed by atoms with Crippen LogP contribution in [-0.4, -0.2) is 0 Å². The van der Waals surface area contributed by atoms with Crippen molar-refractivity contribution in [3.63, 3.8) is 0 Å². The van der Waals surface area contributed by atoms with Crippen LogP contribution in [0.3, 0.4) is 0 Å². The molecule has 0 heterocycles. The molecule has 0 saturated carbocycles. The molecule has 0 rings (SSSR count). The van der Waals surface area contributed by atoms with Crippen LogP contribution in [0.2, 0.25) is 0 Å². The molecule has 0 aliphatic rings. The fraction of sp³-hybridized carbons (Fsp3) is 1.00. The van der Waals surface area contributed by atoms with Crippen LogP contribution in [0.25, 0.3) is 0 Å². The standard InChI is InChI=1S/C17H36/c1-7-8-9-10-14-17(5,6)15-12-11-13-16(2,3)4/h7-15H2,1-6H3. The van der Waals surface area contributed by atoms with E-state index in [2.05, 4.69) is 41.5 Å². The van der Waals surface area contributed by atoms with Crippen molar-refractivity contribution in [2.45, 2.75) is 99.3 Å². The van der Waals surface area contributed by atoms with Gasteiger partial charge in [-0.25, -0.2) is 0 Å². The molecule has 0 fully saturated rings. The fourth-order valence-electron chi connectivity index (χ4n) is 2.41. The van der Waals surface area contributed by atoms with Crippen LogP contribution in [0.1, 0.15) is 99.3 Å². The highest BCUT2D eigenvalue weighted by molar-refractivity contribution is 4.70. The maximum atomic E-state index is 2.45. The number of rotatable bonds is 9. The minimum absolute atomic E-state index is 0.519. The lowest BCUT2D eigenvalue weighted by Gasteiger charge is -2.25. The van der Waals surface area contributed by atoms with E-state index >= 15 is 0 Å². The first-order valence-electron chi connectivity index (χ1n) is 7.77. The lowest BCUT2D eigenvalue weighted by Crippen LogP contribution is -2.12. The zero-order valence-electron chi connectivity index (χ0n) is 13.4. The lowest BCUT2D eigenvalue weighted by atomic mass is 9.80. The Bertz CT molecular complexity index is 171. The van der Waals surface area contributed by atoms with E-state index in [0.717, 1.165) is 0 Å². The van der Waals surface area contributed by atoms with Crippen LogP contribution in [0.5, 0.6) is 0 Å². The summed E-state index contributed by atoms with van der Waals surface area (Å²) in [7, 11) is 0. The normalized spacial score (nSPS) is 13.1. The van der Waals surface area contributed by atoms with Crippen molar-refractivity contribution >= 4 is 0 Å². The van der Waals surface area contributed by atoms with Crippen molar-refractivity contribution in [2.24, 2.45) is 10.8 Å². The third-order valence-electron chi connectivity index (χ3n) is 3.74. The van der Waals surface area contributed by atoms with Crippen molar-refractivity contribution in [3.05, 3.63) is 0 Å². The smallest absolute Gasteiger partial charge is 0.0354 e. The number of hydrogen-bond donors (Lipinski definition) is 0. The van der Waals surface area contributed by atoms with E-state index in [-0.39, 0.29) is 0 Å². The van der Waals surface area contributed by atoms with Crippen LogP contribution >= 0.6 is 0 Å². The molecular weight excluding hydrogens is 204 g/mol. The van der Waals surface area contributed by atoms with Crippen molar-refractivity contribution in [1.82, 2.24) is 0 Å². The first-order chi connectivity index (χ1) is 7.77. The molecule has 0 aliphatic carbocycles. The largest absolute Gasteiger partial charge is 0.0654 e. The maximum absolute atomic E-state index is 2.45. The highest BCUT2D eigenvalue weighted by Gasteiger charge is 2.17. The van der Waals surface area contributed by atoms with Gasteiger partial charge in [-0.1, -0.05) is 80.1 Å². The molecule has 0 aromatic rings. The Balaban J connectivity index is 3.56. The molecule has 0 bridgehead atoms. The number of unbranched alkanes of at least 4 members (excludes halogenated alkanes) is 4. The highest BCUT2D eigenvalue weighted by Crippen LogP contribution is 2.31. The summed E-state index contributed by atoms with van der Waals surface area (Å²) in [6.07, 6.45) is 12.7. The molecule has 0 radical (unpaired) electrons. The Kier molecular flexibility index (Phi) is 8.16. The van der Waals surface area contributed by atoms with E-state index in [1.54, 1.807) is 0 Å². The Labute approximate surface area is 111 Å². The van der Waals surface area contributed by atoms with Gasteiger partial charge in [0.25, 0.3) is 0 Å². The van der Waals surface area contributed by atoms with Crippen LogP contribution in [0.15, 0.2) is 0 Å². The molecule has 0 nitrogen and oxygen atoms in total. The molecule has 0 atom stereocenters. The van der Waals surface area contributed by atoms with Gasteiger partial charge < -0.3 is 0 Å². The van der Waals surface area contributed by atoms with E-state index < -0.39 is 0 Å². The first-order valence-corrected chi connectivity index (χ1v) is 7.77. The van der Waals surface area contributed by atoms with Gasteiger partial charge in [0.2, 0.25) is 0 Å². The van der Waals surface area contributed by atoms with Crippen molar-refractivity contribution in [3.8, 4) is 0 Å². The summed E-state index contributed by atoms with van der Waals surface area (Å²) in [6.45, 7) is 14.2. The Morgan fingerprint density at radius 3 is 1.53 bits per heavy atom. The van der Waals surface area contributed by atoms with Gasteiger partial charge in [0.05, 0.1) is 0 Å². The molecular formula is C17H36. The summed E-state index contributed by atoms with van der Waals surface area (Å²) in [5.74, 6) is 0. The van der Waals surface area contributed by atoms with E-state index in [4.69, 9.17) is 0 Å². The van der Waals surface area contributed by atoms with Crippen LogP contribution in [0.4, 0.5) is 0 Å². The molecule has 17 heavy (non-hydrogen) atoms. The van der Waals surface area contributed by atoms with Gasteiger partial charge in [0.15, 0.2) is 0 Å². The monoisotopic (exact) mass is 240 g/mol. The summed E-state index contributed by atoms with van der Waals surface area (Å²) in [5.41, 5.74) is 1.09. The van der Waals surface area contributed by atoms with Gasteiger partial charge in [-0.15, -0.1) is 0 Å². The minimum atomic E-state index is 0.519. The Hall–Kier alpha value is 0. The molecule has 0 N–H and O–H groups in total. The maximum Gasteiger partial charge on any atom is -0.0354 e. The summed E-state index contributed by atoms with van der Waals surface area (Å²) in [4.78, 5) is 0. The second-order valence-corrected chi connectivity index (χ2v) is 7.74. The van der Waals surface area contributed by atoms with E-state index in [1.807, 2.05) is 0 Å². The predicted molar refractivity (Wildman–Crippen MR) is 80.5 cm³/mol. The van der Waals surface area contributed by atoms with Crippen molar-refractivity contribution in [2.75, 3.05) is 0 Å². The quantitative estimate of drug-likeness (QED) is 0.399. The summed E-state index contributed by atoms with van der Waals surface area (Å²) >= 11 is 0. The van der Waals surface area contributed by atoms with Crippen LogP contribution in [-0.2, 0) is 0 Å². The highest BCUT2D eigenvalue weighted by atomic mass is 14.2. The van der Waals surface area contributed by atoms with Gasteiger partial charge >= 0.3 is 0 Å². The molecule has 0 unspecified atom stereocenters. The van der Waals surface area contributed by atoms with Gasteiger partial charge in [-0.3, -0.25) is 0 Å². The Morgan fingerprint density at radius 1 is 0.588 bits per heavy atom. The minimum Gasteiger partial charge on any atom is -0.0654 e. The fourth-order valence-corrected chi connectivity index (χ4v) is 2.41. The van der Waals surface area contributed by atoms with Gasteiger partial charge in [0, 0.05) is 0 Å². The molecule has 0 aromatic heterocycles. The molecule has 0 saturated heterocycles. The molecule has 0 heteroatoms. The van der Waals surface area contributed by atoms with Gasteiger partial charge in [-0.05, 0) is 30.1 Å². The topological polar surface area (TPSA) is 0 Å². The second kappa shape index (κ2) is 8.16. The van der Waals surface area contributed by atoms with E-state index in [9.17, 15) is 0 Å². The van der Waals surface area contributed by atoms with Crippen LogP contribution in [0, 0.1) is 10.8 Å².